The molecule has 1 heterocycles. The van der Waals surface area contributed by atoms with Gasteiger partial charge in [0.1, 0.15) is 0 Å². The average Bonchev–Trinajstić information content (AvgIpc) is 2.60. The number of nitrogens with zero attached hydrogens (tertiary/aromatic N) is 1. The topological polar surface area (TPSA) is 66.5 Å². The minimum Gasteiger partial charge on any atom is -0.347 e. The molecule has 1 saturated heterocycles. The van der Waals surface area contributed by atoms with Crippen molar-refractivity contribution in [3.05, 3.63) is 34.9 Å². The van der Waals surface area contributed by atoms with Crippen LogP contribution in [-0.4, -0.2) is 42.1 Å². The molecule has 1 aromatic rings. The minimum atomic E-state index is -0.252. The number of likely N-dealkylation sites (tertiary alicyclic amines) is 1. The summed E-state index contributed by atoms with van der Waals surface area (Å²) < 4.78 is 0. The smallest absolute Gasteiger partial charge is 0.241 e. The molecule has 5 heteroatoms. The van der Waals surface area contributed by atoms with Crippen molar-refractivity contribution in [2.75, 3.05) is 19.6 Å². The van der Waals surface area contributed by atoms with E-state index < -0.39 is 0 Å². The third kappa shape index (κ3) is 5.18. The zero-order chi connectivity index (χ0) is 17.5. The molecular weight excluding hydrogens is 304 g/mol. The number of benzene rings is 1. The van der Waals surface area contributed by atoms with Gasteiger partial charge in [0.15, 0.2) is 5.78 Å². The zero-order valence-electron chi connectivity index (χ0n) is 14.6. The summed E-state index contributed by atoms with van der Waals surface area (Å²) >= 11 is 0. The van der Waals surface area contributed by atoms with Gasteiger partial charge in [-0.25, -0.2) is 0 Å². The van der Waals surface area contributed by atoms with Gasteiger partial charge in [0.25, 0.3) is 0 Å². The van der Waals surface area contributed by atoms with Crippen LogP contribution in [-0.2, 0) is 9.59 Å². The molecule has 2 amide bonds. The first-order chi connectivity index (χ1) is 11.5. The van der Waals surface area contributed by atoms with Gasteiger partial charge in [-0.15, -0.1) is 0 Å². The second-order valence-corrected chi connectivity index (χ2v) is 6.44. The molecule has 0 aromatic heterocycles. The van der Waals surface area contributed by atoms with Crippen LogP contribution >= 0.6 is 0 Å². The van der Waals surface area contributed by atoms with E-state index in [1.807, 2.05) is 26.0 Å². The Hall–Kier alpha value is -2.17. The Bertz CT molecular complexity index is 619. The van der Waals surface area contributed by atoms with E-state index in [2.05, 4.69) is 5.32 Å². The summed E-state index contributed by atoms with van der Waals surface area (Å²) in [7, 11) is 0. The van der Waals surface area contributed by atoms with E-state index in [1.54, 1.807) is 11.0 Å². The van der Waals surface area contributed by atoms with Crippen LogP contribution in [0.1, 0.15) is 53.6 Å². The summed E-state index contributed by atoms with van der Waals surface area (Å²) in [6, 6.07) is 5.57. The number of carbonyl (C=O) groups is 3. The third-order valence-electron chi connectivity index (χ3n) is 4.55. The fourth-order valence-electron chi connectivity index (χ4n) is 2.80. The summed E-state index contributed by atoms with van der Waals surface area (Å²) in [5.74, 6) is -0.336. The molecule has 1 aromatic carbocycles. The molecule has 2 rings (SSSR count). The molecule has 0 bridgehead atoms. The quantitative estimate of drug-likeness (QED) is 0.815. The highest BCUT2D eigenvalue weighted by atomic mass is 16.2. The molecular formula is C19H26N2O3. The van der Waals surface area contributed by atoms with Gasteiger partial charge in [-0.05, 0) is 50.3 Å². The lowest BCUT2D eigenvalue weighted by Gasteiger charge is -2.26. The highest BCUT2D eigenvalue weighted by molar-refractivity contribution is 5.98. The summed E-state index contributed by atoms with van der Waals surface area (Å²) in [4.78, 5) is 37.8. The van der Waals surface area contributed by atoms with Crippen molar-refractivity contribution in [1.29, 1.82) is 0 Å². The fraction of sp³-hybridized carbons (Fsp3) is 0.526. The Labute approximate surface area is 143 Å². The largest absolute Gasteiger partial charge is 0.347 e. The Balaban J connectivity index is 1.73. The van der Waals surface area contributed by atoms with Crippen molar-refractivity contribution in [3.63, 3.8) is 0 Å². The first kappa shape index (κ1) is 18.2. The molecule has 1 aliphatic heterocycles. The fourth-order valence-corrected chi connectivity index (χ4v) is 2.80. The Kier molecular flexibility index (Phi) is 6.53. The molecule has 0 unspecified atom stereocenters. The van der Waals surface area contributed by atoms with E-state index in [-0.39, 0.29) is 37.0 Å². The Morgan fingerprint density at radius 2 is 1.71 bits per heavy atom. The highest BCUT2D eigenvalue weighted by Gasteiger charge is 2.17. The molecule has 1 aliphatic rings. The molecule has 0 atom stereocenters. The standard InChI is InChI=1S/C19H26N2O3/c1-14-6-7-16(12-15(14)2)17(22)8-9-18(23)20-13-19(24)21-10-4-3-5-11-21/h6-7,12H,3-5,8-11,13H2,1-2H3,(H,20,23). The SMILES string of the molecule is Cc1ccc(C(=O)CCC(=O)NCC(=O)N2CCCCC2)cc1C. The van der Waals surface area contributed by atoms with Crippen LogP contribution in [0.5, 0.6) is 0 Å². The lowest BCUT2D eigenvalue weighted by atomic mass is 10.0. The number of Topliss-reactive ketones (excluding diaryl/α,β-unsaturated/α-hetero) is 1. The van der Waals surface area contributed by atoms with E-state index in [1.165, 1.54) is 0 Å². The lowest BCUT2D eigenvalue weighted by molar-refractivity contribution is -0.133. The van der Waals surface area contributed by atoms with Crippen molar-refractivity contribution < 1.29 is 14.4 Å². The van der Waals surface area contributed by atoms with Gasteiger partial charge in [0.2, 0.25) is 11.8 Å². The van der Waals surface area contributed by atoms with Crippen LogP contribution in [0.15, 0.2) is 18.2 Å². The second kappa shape index (κ2) is 8.62. The highest BCUT2D eigenvalue weighted by Crippen LogP contribution is 2.12. The maximum absolute atomic E-state index is 12.1. The molecule has 5 nitrogen and oxygen atoms in total. The minimum absolute atomic E-state index is 0.0245. The monoisotopic (exact) mass is 330 g/mol. The number of hydrogen-bond donors (Lipinski definition) is 1. The van der Waals surface area contributed by atoms with Crippen LogP contribution in [0.2, 0.25) is 0 Å². The first-order valence-corrected chi connectivity index (χ1v) is 8.62. The van der Waals surface area contributed by atoms with Crippen LogP contribution in [0.3, 0.4) is 0 Å². The van der Waals surface area contributed by atoms with Gasteiger partial charge < -0.3 is 10.2 Å². The molecule has 130 valence electrons. The zero-order valence-corrected chi connectivity index (χ0v) is 14.6. The predicted molar refractivity (Wildman–Crippen MR) is 92.9 cm³/mol. The van der Waals surface area contributed by atoms with Crippen molar-refractivity contribution in [2.45, 2.75) is 46.0 Å². The van der Waals surface area contributed by atoms with Crippen LogP contribution < -0.4 is 5.32 Å². The van der Waals surface area contributed by atoms with E-state index in [0.29, 0.717) is 5.56 Å². The van der Waals surface area contributed by atoms with Crippen LogP contribution in [0.25, 0.3) is 0 Å². The number of aryl methyl sites for hydroxylation is 2. The molecule has 24 heavy (non-hydrogen) atoms. The number of piperidine rings is 1. The summed E-state index contributed by atoms with van der Waals surface area (Å²) in [6.45, 7) is 5.54. The Morgan fingerprint density at radius 1 is 1.00 bits per heavy atom. The number of hydrogen-bond acceptors (Lipinski definition) is 3. The van der Waals surface area contributed by atoms with E-state index in [4.69, 9.17) is 0 Å². The molecule has 1 fully saturated rings. The van der Waals surface area contributed by atoms with E-state index in [0.717, 1.165) is 43.5 Å². The maximum Gasteiger partial charge on any atom is 0.241 e. The van der Waals surface area contributed by atoms with Crippen molar-refractivity contribution in [3.8, 4) is 0 Å². The van der Waals surface area contributed by atoms with Crippen LogP contribution in [0.4, 0.5) is 0 Å². The number of rotatable bonds is 6. The van der Waals surface area contributed by atoms with Crippen molar-refractivity contribution in [2.24, 2.45) is 0 Å². The normalized spacial score (nSPS) is 14.3. The van der Waals surface area contributed by atoms with Gasteiger partial charge in [0, 0.05) is 31.5 Å². The van der Waals surface area contributed by atoms with Gasteiger partial charge in [-0.3, -0.25) is 14.4 Å². The Morgan fingerprint density at radius 3 is 2.38 bits per heavy atom. The average molecular weight is 330 g/mol. The van der Waals surface area contributed by atoms with Gasteiger partial charge >= 0.3 is 0 Å². The first-order valence-electron chi connectivity index (χ1n) is 8.62. The summed E-state index contributed by atoms with van der Waals surface area (Å²) in [5.41, 5.74) is 2.84. The lowest BCUT2D eigenvalue weighted by Crippen LogP contribution is -2.42. The van der Waals surface area contributed by atoms with Crippen LogP contribution in [0, 0.1) is 13.8 Å². The molecule has 0 aliphatic carbocycles. The summed E-state index contributed by atoms with van der Waals surface area (Å²) in [5, 5.41) is 2.62. The molecule has 0 saturated carbocycles. The van der Waals surface area contributed by atoms with E-state index >= 15 is 0 Å². The number of carbonyl (C=O) groups excluding carboxylic acids is 3. The number of nitrogens with one attached hydrogen (secondary N) is 1. The third-order valence-corrected chi connectivity index (χ3v) is 4.55. The van der Waals surface area contributed by atoms with Crippen molar-refractivity contribution >= 4 is 17.6 Å². The van der Waals surface area contributed by atoms with Gasteiger partial charge in [-0.2, -0.15) is 0 Å². The molecule has 0 radical (unpaired) electrons. The number of ketones is 1. The summed E-state index contributed by atoms with van der Waals surface area (Å²) in [6.07, 6.45) is 3.50. The maximum atomic E-state index is 12.1. The predicted octanol–water partition coefficient (Wildman–Crippen LogP) is 2.40. The van der Waals surface area contributed by atoms with Gasteiger partial charge in [-0.1, -0.05) is 12.1 Å². The number of amides is 2. The van der Waals surface area contributed by atoms with E-state index in [9.17, 15) is 14.4 Å². The van der Waals surface area contributed by atoms with Gasteiger partial charge in [0.05, 0.1) is 6.54 Å². The molecule has 1 N–H and O–H groups in total. The van der Waals surface area contributed by atoms with Crippen molar-refractivity contribution in [1.82, 2.24) is 10.2 Å². The second-order valence-electron chi connectivity index (χ2n) is 6.44. The molecule has 0 spiro atoms.